The molecule has 0 radical (unpaired) electrons. The first-order valence-corrected chi connectivity index (χ1v) is 5.37. The molecular weight excluding hydrogens is 240 g/mol. The number of aryl methyl sites for hydroxylation is 1. The predicted molar refractivity (Wildman–Crippen MR) is 65.6 cm³/mol. The van der Waals surface area contributed by atoms with Gasteiger partial charge in [0.1, 0.15) is 0 Å². The first-order valence-electron chi connectivity index (χ1n) is 4.99. The van der Waals surface area contributed by atoms with E-state index in [1.165, 1.54) is 0 Å². The van der Waals surface area contributed by atoms with Crippen LogP contribution in [0.2, 0.25) is 5.15 Å². The second-order valence-electron chi connectivity index (χ2n) is 3.75. The number of hydrogen-bond acceptors (Lipinski definition) is 4. The smallest absolute Gasteiger partial charge is 0.229 e. The van der Waals surface area contributed by atoms with Crippen molar-refractivity contribution in [2.24, 2.45) is 7.05 Å². The molecule has 0 saturated carbocycles. The fourth-order valence-electron chi connectivity index (χ4n) is 1.85. The maximum atomic E-state index is 6.00. The lowest BCUT2D eigenvalue weighted by Crippen LogP contribution is -1.90. The van der Waals surface area contributed by atoms with Crippen LogP contribution in [0, 0.1) is 0 Å². The van der Waals surface area contributed by atoms with E-state index in [1.807, 2.05) is 25.2 Å². The maximum absolute atomic E-state index is 6.00. The molecule has 17 heavy (non-hydrogen) atoms. The number of aromatic nitrogens is 3. The minimum absolute atomic E-state index is 0.303. The molecule has 0 saturated heterocycles. The Morgan fingerprint density at radius 1 is 1.41 bits per heavy atom. The van der Waals surface area contributed by atoms with Crippen LogP contribution >= 0.6 is 11.6 Å². The SMILES string of the molecule is Cn1nc(Cl)c2ccc(-c3cnoc3N)cc21. The highest BCUT2D eigenvalue weighted by Crippen LogP contribution is 2.30. The molecule has 2 heterocycles. The Morgan fingerprint density at radius 2 is 2.24 bits per heavy atom. The number of anilines is 1. The summed E-state index contributed by atoms with van der Waals surface area (Å²) in [5.41, 5.74) is 8.31. The summed E-state index contributed by atoms with van der Waals surface area (Å²) in [5, 5.41) is 9.21. The number of benzene rings is 1. The summed E-state index contributed by atoms with van der Waals surface area (Å²) < 4.78 is 6.57. The van der Waals surface area contributed by atoms with Crippen LogP contribution in [0.1, 0.15) is 0 Å². The van der Waals surface area contributed by atoms with E-state index in [4.69, 9.17) is 21.9 Å². The summed E-state index contributed by atoms with van der Waals surface area (Å²) in [6, 6.07) is 5.78. The van der Waals surface area contributed by atoms with Gasteiger partial charge in [0.15, 0.2) is 5.15 Å². The number of halogens is 1. The molecule has 6 heteroatoms. The van der Waals surface area contributed by atoms with Gasteiger partial charge in [-0.15, -0.1) is 0 Å². The van der Waals surface area contributed by atoms with E-state index in [2.05, 4.69) is 10.3 Å². The Labute approximate surface area is 102 Å². The van der Waals surface area contributed by atoms with Gasteiger partial charge in [-0.3, -0.25) is 4.68 Å². The molecule has 3 rings (SSSR count). The highest BCUT2D eigenvalue weighted by Gasteiger charge is 2.11. The van der Waals surface area contributed by atoms with Crippen molar-refractivity contribution in [1.29, 1.82) is 0 Å². The van der Waals surface area contributed by atoms with Crippen molar-refractivity contribution in [3.05, 3.63) is 29.5 Å². The molecular formula is C11H9ClN4O. The van der Waals surface area contributed by atoms with E-state index in [0.29, 0.717) is 11.0 Å². The molecule has 0 fully saturated rings. The van der Waals surface area contributed by atoms with Crippen LogP contribution in [-0.4, -0.2) is 14.9 Å². The first-order chi connectivity index (χ1) is 8.16. The molecule has 0 aliphatic heterocycles. The molecule has 2 aromatic heterocycles. The first kappa shape index (κ1) is 10.2. The maximum Gasteiger partial charge on any atom is 0.229 e. The molecule has 0 aliphatic rings. The summed E-state index contributed by atoms with van der Waals surface area (Å²) in [6.45, 7) is 0. The zero-order valence-electron chi connectivity index (χ0n) is 9.01. The van der Waals surface area contributed by atoms with Crippen molar-refractivity contribution in [2.45, 2.75) is 0 Å². The molecule has 5 nitrogen and oxygen atoms in total. The minimum Gasteiger partial charge on any atom is -0.367 e. The van der Waals surface area contributed by atoms with Crippen molar-refractivity contribution >= 4 is 28.4 Å². The van der Waals surface area contributed by atoms with E-state index in [0.717, 1.165) is 22.0 Å². The average molecular weight is 249 g/mol. The van der Waals surface area contributed by atoms with Crippen LogP contribution in [0.5, 0.6) is 0 Å². The fourth-order valence-corrected chi connectivity index (χ4v) is 2.12. The Kier molecular flexibility index (Phi) is 2.09. The van der Waals surface area contributed by atoms with Gasteiger partial charge in [-0.1, -0.05) is 22.8 Å². The lowest BCUT2D eigenvalue weighted by atomic mass is 10.1. The Hall–Kier alpha value is -2.01. The van der Waals surface area contributed by atoms with Crippen LogP contribution < -0.4 is 5.73 Å². The van der Waals surface area contributed by atoms with Gasteiger partial charge in [-0.05, 0) is 17.7 Å². The zero-order valence-corrected chi connectivity index (χ0v) is 9.77. The number of hydrogen-bond donors (Lipinski definition) is 1. The second kappa shape index (κ2) is 3.49. The van der Waals surface area contributed by atoms with Gasteiger partial charge >= 0.3 is 0 Å². The van der Waals surface area contributed by atoms with Gasteiger partial charge in [0.2, 0.25) is 5.88 Å². The highest BCUT2D eigenvalue weighted by atomic mass is 35.5. The number of nitrogens with zero attached hydrogens (tertiary/aromatic N) is 3. The highest BCUT2D eigenvalue weighted by molar-refractivity contribution is 6.34. The largest absolute Gasteiger partial charge is 0.367 e. The molecule has 2 N–H and O–H groups in total. The summed E-state index contributed by atoms with van der Waals surface area (Å²) in [4.78, 5) is 0. The van der Waals surface area contributed by atoms with Crippen LogP contribution in [0.25, 0.3) is 22.0 Å². The van der Waals surface area contributed by atoms with Crippen molar-refractivity contribution in [3.63, 3.8) is 0 Å². The van der Waals surface area contributed by atoms with Crippen LogP contribution in [-0.2, 0) is 7.05 Å². The van der Waals surface area contributed by atoms with Crippen molar-refractivity contribution in [2.75, 3.05) is 5.73 Å². The van der Waals surface area contributed by atoms with Crippen molar-refractivity contribution < 1.29 is 4.52 Å². The minimum atomic E-state index is 0.303. The summed E-state index contributed by atoms with van der Waals surface area (Å²) in [6.07, 6.45) is 1.59. The third-order valence-electron chi connectivity index (χ3n) is 2.72. The predicted octanol–water partition coefficient (Wildman–Crippen LogP) is 2.46. The fraction of sp³-hybridized carbons (Fsp3) is 0.0909. The molecule has 0 bridgehead atoms. The molecule has 86 valence electrons. The molecule has 0 aliphatic carbocycles. The number of nitrogens with two attached hydrogens (primary N) is 1. The molecule has 0 atom stereocenters. The summed E-state index contributed by atoms with van der Waals surface area (Å²) in [7, 11) is 1.84. The van der Waals surface area contributed by atoms with Crippen molar-refractivity contribution in [3.8, 4) is 11.1 Å². The summed E-state index contributed by atoms with van der Waals surface area (Å²) in [5.74, 6) is 0.303. The number of fused-ring (bicyclic) bond motifs is 1. The van der Waals surface area contributed by atoms with Gasteiger partial charge in [-0.2, -0.15) is 5.10 Å². The molecule has 3 aromatic rings. The van der Waals surface area contributed by atoms with Crippen LogP contribution in [0.15, 0.2) is 28.9 Å². The molecule has 0 unspecified atom stereocenters. The van der Waals surface area contributed by atoms with E-state index in [9.17, 15) is 0 Å². The third-order valence-corrected chi connectivity index (χ3v) is 2.99. The van der Waals surface area contributed by atoms with Gasteiger partial charge in [0, 0.05) is 12.4 Å². The van der Waals surface area contributed by atoms with Gasteiger partial charge in [0.05, 0.1) is 17.3 Å². The lowest BCUT2D eigenvalue weighted by molar-refractivity contribution is 0.436. The second-order valence-corrected chi connectivity index (χ2v) is 4.11. The van der Waals surface area contributed by atoms with E-state index < -0.39 is 0 Å². The topological polar surface area (TPSA) is 69.9 Å². The molecule has 0 amide bonds. The molecule has 1 aromatic carbocycles. The third kappa shape index (κ3) is 1.47. The molecule has 0 spiro atoms. The van der Waals surface area contributed by atoms with Crippen LogP contribution in [0.4, 0.5) is 5.88 Å². The van der Waals surface area contributed by atoms with Gasteiger partial charge < -0.3 is 10.3 Å². The Bertz CT molecular complexity index is 701. The Morgan fingerprint density at radius 3 is 2.94 bits per heavy atom. The quantitative estimate of drug-likeness (QED) is 0.718. The zero-order chi connectivity index (χ0) is 12.0. The number of rotatable bonds is 1. The average Bonchev–Trinajstić information content (AvgIpc) is 2.84. The van der Waals surface area contributed by atoms with Crippen LogP contribution in [0.3, 0.4) is 0 Å². The van der Waals surface area contributed by atoms with E-state index in [-0.39, 0.29) is 0 Å². The van der Waals surface area contributed by atoms with Gasteiger partial charge in [-0.25, -0.2) is 0 Å². The monoisotopic (exact) mass is 248 g/mol. The standard InChI is InChI=1S/C11H9ClN4O/c1-16-9-4-6(8-5-14-17-11(8)13)2-3-7(9)10(12)15-16/h2-5H,13H2,1H3. The van der Waals surface area contributed by atoms with Gasteiger partial charge in [0.25, 0.3) is 0 Å². The normalized spacial score (nSPS) is 11.2. The van der Waals surface area contributed by atoms with E-state index in [1.54, 1.807) is 10.9 Å². The Balaban J connectivity index is 2.27. The van der Waals surface area contributed by atoms with E-state index >= 15 is 0 Å². The summed E-state index contributed by atoms with van der Waals surface area (Å²) >= 11 is 6.00. The van der Waals surface area contributed by atoms with Crippen molar-refractivity contribution in [1.82, 2.24) is 14.9 Å². The lowest BCUT2D eigenvalue weighted by Gasteiger charge is -1.99. The number of nitrogen functional groups attached to an aromatic ring is 1.